The van der Waals surface area contributed by atoms with E-state index in [9.17, 15) is 13.2 Å². The van der Waals surface area contributed by atoms with Gasteiger partial charge in [-0.05, 0) is 67.4 Å². The molecule has 3 aromatic rings. The smallest absolute Gasteiger partial charge is 0.262 e. The summed E-state index contributed by atoms with van der Waals surface area (Å²) in [5, 5.41) is 2.76. The molecule has 0 spiro atoms. The molecule has 29 heavy (non-hydrogen) atoms. The van der Waals surface area contributed by atoms with Crippen LogP contribution in [0.1, 0.15) is 21.5 Å². The van der Waals surface area contributed by atoms with Gasteiger partial charge in [0, 0.05) is 11.3 Å². The molecule has 150 valence electrons. The van der Waals surface area contributed by atoms with Crippen molar-refractivity contribution in [2.24, 2.45) is 0 Å². The Kier molecular flexibility index (Phi) is 5.89. The van der Waals surface area contributed by atoms with Crippen LogP contribution in [0.4, 0.5) is 11.4 Å². The van der Waals surface area contributed by atoms with Crippen LogP contribution in [0.2, 0.25) is 0 Å². The van der Waals surface area contributed by atoms with Crippen molar-refractivity contribution in [1.29, 1.82) is 0 Å². The zero-order valence-corrected chi connectivity index (χ0v) is 17.2. The molecule has 0 fully saturated rings. The lowest BCUT2D eigenvalue weighted by Crippen LogP contribution is -2.17. The van der Waals surface area contributed by atoms with E-state index >= 15 is 0 Å². The SMILES string of the molecule is COc1ccc(NC(=O)c2ccc(C)c(S(=O)(=O)Nc3ccccc3C)c2)cc1. The summed E-state index contributed by atoms with van der Waals surface area (Å²) in [4.78, 5) is 12.7. The van der Waals surface area contributed by atoms with Gasteiger partial charge in [0.15, 0.2) is 0 Å². The number of rotatable bonds is 6. The minimum Gasteiger partial charge on any atom is -0.497 e. The van der Waals surface area contributed by atoms with Crippen LogP contribution in [0.5, 0.6) is 5.75 Å². The molecule has 0 atom stereocenters. The van der Waals surface area contributed by atoms with Crippen LogP contribution in [0.3, 0.4) is 0 Å². The number of hydrogen-bond donors (Lipinski definition) is 2. The van der Waals surface area contributed by atoms with Crippen LogP contribution in [0.25, 0.3) is 0 Å². The van der Waals surface area contributed by atoms with Crippen molar-refractivity contribution < 1.29 is 17.9 Å². The summed E-state index contributed by atoms with van der Waals surface area (Å²) < 4.78 is 33.5. The minimum absolute atomic E-state index is 0.0585. The molecule has 0 bridgehead atoms. The highest BCUT2D eigenvalue weighted by atomic mass is 32.2. The van der Waals surface area contributed by atoms with Gasteiger partial charge in [-0.2, -0.15) is 0 Å². The molecule has 0 aliphatic carbocycles. The molecule has 6 nitrogen and oxygen atoms in total. The molecule has 0 saturated heterocycles. The van der Waals surface area contributed by atoms with E-state index in [0.29, 0.717) is 22.7 Å². The Hall–Kier alpha value is -3.32. The average Bonchev–Trinajstić information content (AvgIpc) is 2.70. The summed E-state index contributed by atoms with van der Waals surface area (Å²) in [6.45, 7) is 3.51. The lowest BCUT2D eigenvalue weighted by Gasteiger charge is -2.13. The van der Waals surface area contributed by atoms with Crippen molar-refractivity contribution in [3.8, 4) is 5.75 Å². The van der Waals surface area contributed by atoms with Gasteiger partial charge in [0.2, 0.25) is 0 Å². The van der Waals surface area contributed by atoms with Crippen molar-refractivity contribution in [2.45, 2.75) is 18.7 Å². The molecule has 3 rings (SSSR count). The third-order valence-electron chi connectivity index (χ3n) is 4.48. The molecule has 1 amide bonds. The summed E-state index contributed by atoms with van der Waals surface area (Å²) in [6, 6.07) is 18.6. The lowest BCUT2D eigenvalue weighted by atomic mass is 10.1. The first-order chi connectivity index (χ1) is 13.8. The fourth-order valence-corrected chi connectivity index (χ4v) is 4.20. The molecule has 3 aromatic carbocycles. The van der Waals surface area contributed by atoms with Crippen LogP contribution >= 0.6 is 0 Å². The summed E-state index contributed by atoms with van der Waals surface area (Å²) >= 11 is 0. The molecule has 0 aliphatic rings. The van der Waals surface area contributed by atoms with E-state index in [0.717, 1.165) is 5.56 Å². The number of benzene rings is 3. The third-order valence-corrected chi connectivity index (χ3v) is 5.98. The quantitative estimate of drug-likeness (QED) is 0.632. The first-order valence-electron chi connectivity index (χ1n) is 8.94. The first-order valence-corrected chi connectivity index (χ1v) is 10.4. The topological polar surface area (TPSA) is 84.5 Å². The van der Waals surface area contributed by atoms with Crippen LogP contribution < -0.4 is 14.8 Å². The van der Waals surface area contributed by atoms with E-state index in [1.165, 1.54) is 6.07 Å². The number of methoxy groups -OCH3 is 1. The van der Waals surface area contributed by atoms with Crippen molar-refractivity contribution in [3.05, 3.63) is 83.4 Å². The van der Waals surface area contributed by atoms with Gasteiger partial charge < -0.3 is 10.1 Å². The molecular formula is C22H22N2O4S. The van der Waals surface area contributed by atoms with Crippen molar-refractivity contribution in [1.82, 2.24) is 0 Å². The van der Waals surface area contributed by atoms with Gasteiger partial charge in [-0.3, -0.25) is 9.52 Å². The van der Waals surface area contributed by atoms with Crippen molar-refractivity contribution >= 4 is 27.3 Å². The number of anilines is 2. The highest BCUT2D eigenvalue weighted by molar-refractivity contribution is 7.92. The first kappa shape index (κ1) is 20.4. The molecular weight excluding hydrogens is 388 g/mol. The number of carbonyl (C=O) groups is 1. The molecule has 0 heterocycles. The maximum Gasteiger partial charge on any atom is 0.262 e. The Morgan fingerprint density at radius 3 is 2.24 bits per heavy atom. The third kappa shape index (κ3) is 4.75. The number of aryl methyl sites for hydroxylation is 2. The van der Waals surface area contributed by atoms with Gasteiger partial charge in [-0.25, -0.2) is 8.42 Å². The number of ether oxygens (including phenoxy) is 1. The number of hydrogen-bond acceptors (Lipinski definition) is 4. The number of para-hydroxylation sites is 1. The van der Waals surface area contributed by atoms with Crippen molar-refractivity contribution in [2.75, 3.05) is 17.1 Å². The Labute approximate surface area is 170 Å². The number of amides is 1. The predicted molar refractivity (Wildman–Crippen MR) is 114 cm³/mol. The van der Waals surface area contributed by atoms with Gasteiger partial charge in [0.25, 0.3) is 15.9 Å². The van der Waals surface area contributed by atoms with Crippen molar-refractivity contribution in [3.63, 3.8) is 0 Å². The molecule has 7 heteroatoms. The molecule has 0 aromatic heterocycles. The van der Waals surface area contributed by atoms with Gasteiger partial charge in [-0.1, -0.05) is 24.3 Å². The average molecular weight is 410 g/mol. The Morgan fingerprint density at radius 2 is 1.59 bits per heavy atom. The van der Waals surface area contributed by atoms with E-state index in [2.05, 4.69) is 10.0 Å². The van der Waals surface area contributed by atoms with Gasteiger partial charge >= 0.3 is 0 Å². The normalized spacial score (nSPS) is 11.0. The van der Waals surface area contributed by atoms with E-state index in [4.69, 9.17) is 4.74 Å². The standard InChI is InChI=1S/C22H22N2O4S/c1-15-6-4-5-7-20(15)24-29(26,27)21-14-17(9-8-16(21)2)22(25)23-18-10-12-19(28-3)13-11-18/h4-14,24H,1-3H3,(H,23,25). The second-order valence-corrected chi connectivity index (χ2v) is 8.23. The minimum atomic E-state index is -3.85. The Bertz CT molecular complexity index is 1140. The number of nitrogens with one attached hydrogen (secondary N) is 2. The van der Waals surface area contributed by atoms with E-state index in [-0.39, 0.29) is 10.5 Å². The van der Waals surface area contributed by atoms with Crippen LogP contribution in [-0.2, 0) is 10.0 Å². The number of carbonyl (C=O) groups excluding carboxylic acids is 1. The molecule has 0 saturated carbocycles. The van der Waals surface area contributed by atoms with E-state index in [1.54, 1.807) is 62.6 Å². The van der Waals surface area contributed by atoms with Crippen LogP contribution in [0.15, 0.2) is 71.6 Å². The summed E-state index contributed by atoms with van der Waals surface area (Å²) in [7, 11) is -2.29. The summed E-state index contributed by atoms with van der Waals surface area (Å²) in [5.41, 5.74) is 2.68. The maximum absolute atomic E-state index is 12.9. The van der Waals surface area contributed by atoms with E-state index in [1.807, 2.05) is 19.1 Å². The Morgan fingerprint density at radius 1 is 0.897 bits per heavy atom. The zero-order chi connectivity index (χ0) is 21.0. The Balaban J connectivity index is 1.86. The molecule has 0 unspecified atom stereocenters. The van der Waals surface area contributed by atoms with Gasteiger partial charge in [0.05, 0.1) is 17.7 Å². The second kappa shape index (κ2) is 8.36. The molecule has 2 N–H and O–H groups in total. The van der Waals surface area contributed by atoms with Gasteiger partial charge in [-0.15, -0.1) is 0 Å². The molecule has 0 radical (unpaired) electrons. The summed E-state index contributed by atoms with van der Waals surface area (Å²) in [6.07, 6.45) is 0. The number of sulfonamides is 1. The van der Waals surface area contributed by atoms with Gasteiger partial charge in [0.1, 0.15) is 5.75 Å². The monoisotopic (exact) mass is 410 g/mol. The largest absolute Gasteiger partial charge is 0.497 e. The lowest BCUT2D eigenvalue weighted by molar-refractivity contribution is 0.102. The van der Waals surface area contributed by atoms with Crippen LogP contribution in [0, 0.1) is 13.8 Å². The molecule has 0 aliphatic heterocycles. The fraction of sp³-hybridized carbons (Fsp3) is 0.136. The van der Waals surface area contributed by atoms with Crippen LogP contribution in [-0.4, -0.2) is 21.4 Å². The fourth-order valence-electron chi connectivity index (χ4n) is 2.80. The summed E-state index contributed by atoms with van der Waals surface area (Å²) in [5.74, 6) is 0.275. The predicted octanol–water partition coefficient (Wildman–Crippen LogP) is 4.37. The second-order valence-electron chi connectivity index (χ2n) is 6.58. The maximum atomic E-state index is 12.9. The highest BCUT2D eigenvalue weighted by Gasteiger charge is 2.20. The zero-order valence-electron chi connectivity index (χ0n) is 16.4. The highest BCUT2D eigenvalue weighted by Crippen LogP contribution is 2.23. The van der Waals surface area contributed by atoms with E-state index < -0.39 is 15.9 Å².